The van der Waals surface area contributed by atoms with Gasteiger partial charge < -0.3 is 10.4 Å². The number of carboxylic acid groups (broad SMARTS) is 1. The van der Waals surface area contributed by atoms with Crippen LogP contribution in [-0.2, 0) is 4.79 Å². The molecule has 0 saturated carbocycles. The van der Waals surface area contributed by atoms with Crippen LogP contribution in [0.3, 0.4) is 0 Å². The molecular formula is C17H23NO3. The molecule has 0 spiro atoms. The van der Waals surface area contributed by atoms with Crippen LogP contribution in [0.5, 0.6) is 0 Å². The van der Waals surface area contributed by atoms with Crippen molar-refractivity contribution in [1.29, 1.82) is 0 Å². The minimum absolute atomic E-state index is 0.119. The minimum Gasteiger partial charge on any atom is -0.478 e. The number of hydrogen-bond acceptors (Lipinski definition) is 2. The molecule has 0 aliphatic carbocycles. The molecule has 0 aliphatic rings. The van der Waals surface area contributed by atoms with Gasteiger partial charge in [0.15, 0.2) is 0 Å². The highest BCUT2D eigenvalue weighted by Gasteiger charge is 2.26. The summed E-state index contributed by atoms with van der Waals surface area (Å²) in [6.07, 6.45) is 5.18. The summed E-state index contributed by atoms with van der Waals surface area (Å²) in [7, 11) is 0. The number of rotatable bonds is 7. The quantitative estimate of drug-likeness (QED) is 0.755. The molecule has 0 aromatic heterocycles. The van der Waals surface area contributed by atoms with E-state index in [0.29, 0.717) is 11.1 Å². The zero-order chi connectivity index (χ0) is 15.9. The maximum atomic E-state index is 12.4. The van der Waals surface area contributed by atoms with E-state index in [9.17, 15) is 9.59 Å². The molecule has 114 valence electrons. The number of carbonyl (C=O) groups is 2. The van der Waals surface area contributed by atoms with Gasteiger partial charge in [-0.3, -0.25) is 4.79 Å². The summed E-state index contributed by atoms with van der Waals surface area (Å²) in [6, 6.07) is 6.95. The molecule has 0 unspecified atom stereocenters. The Kier molecular flexibility index (Phi) is 6.15. The molecule has 4 heteroatoms. The molecule has 0 fully saturated rings. The Hall–Kier alpha value is -2.10. The van der Waals surface area contributed by atoms with Crippen molar-refractivity contribution in [2.24, 2.45) is 0 Å². The van der Waals surface area contributed by atoms with Crippen LogP contribution in [0.1, 0.15) is 56.0 Å². The van der Waals surface area contributed by atoms with Gasteiger partial charge in [-0.15, -0.1) is 0 Å². The summed E-state index contributed by atoms with van der Waals surface area (Å²) in [5.74, 6) is -1.13. The van der Waals surface area contributed by atoms with Crippen molar-refractivity contribution < 1.29 is 14.7 Å². The second-order valence-corrected chi connectivity index (χ2v) is 5.09. The van der Waals surface area contributed by atoms with E-state index < -0.39 is 5.97 Å². The summed E-state index contributed by atoms with van der Waals surface area (Å²) in [5.41, 5.74) is 1.06. The monoisotopic (exact) mass is 289 g/mol. The first kappa shape index (κ1) is 17.0. The van der Waals surface area contributed by atoms with Crippen LogP contribution < -0.4 is 5.32 Å². The van der Waals surface area contributed by atoms with E-state index in [1.807, 2.05) is 0 Å². The van der Waals surface area contributed by atoms with Crippen LogP contribution in [0.15, 0.2) is 30.3 Å². The molecule has 1 amide bonds. The van der Waals surface area contributed by atoms with Gasteiger partial charge in [0.1, 0.15) is 0 Å². The fourth-order valence-electron chi connectivity index (χ4n) is 2.28. The van der Waals surface area contributed by atoms with Gasteiger partial charge in [-0.1, -0.05) is 32.9 Å². The standard InChI is InChI=1S/C17H23NO3/c1-4-17(5-2,6-3)18-16(21)14-9-7-8-13(12-14)10-11-15(19)20/h7-12H,4-6H2,1-3H3,(H,18,21)(H,19,20). The predicted molar refractivity (Wildman–Crippen MR) is 84.2 cm³/mol. The zero-order valence-electron chi connectivity index (χ0n) is 12.8. The maximum Gasteiger partial charge on any atom is 0.328 e. The molecule has 21 heavy (non-hydrogen) atoms. The van der Waals surface area contributed by atoms with Gasteiger partial charge in [-0.05, 0) is 43.0 Å². The Labute approximate surface area is 125 Å². The number of nitrogens with one attached hydrogen (secondary N) is 1. The first-order valence-electron chi connectivity index (χ1n) is 7.30. The van der Waals surface area contributed by atoms with Gasteiger partial charge in [0.25, 0.3) is 5.91 Å². The van der Waals surface area contributed by atoms with Crippen molar-refractivity contribution in [2.75, 3.05) is 0 Å². The van der Waals surface area contributed by atoms with E-state index in [0.717, 1.165) is 25.3 Å². The maximum absolute atomic E-state index is 12.4. The van der Waals surface area contributed by atoms with Gasteiger partial charge >= 0.3 is 5.97 Å². The summed E-state index contributed by atoms with van der Waals surface area (Å²) in [4.78, 5) is 22.9. The lowest BCUT2D eigenvalue weighted by Crippen LogP contribution is -2.47. The Bertz CT molecular complexity index is 522. The third-order valence-electron chi connectivity index (χ3n) is 3.98. The van der Waals surface area contributed by atoms with Crippen LogP contribution in [-0.4, -0.2) is 22.5 Å². The van der Waals surface area contributed by atoms with Gasteiger partial charge in [-0.2, -0.15) is 0 Å². The number of hydrogen-bond donors (Lipinski definition) is 2. The lowest BCUT2D eigenvalue weighted by molar-refractivity contribution is -0.131. The molecule has 1 aromatic carbocycles. The van der Waals surface area contributed by atoms with Crippen molar-refractivity contribution in [1.82, 2.24) is 5.32 Å². The van der Waals surface area contributed by atoms with Crippen LogP contribution in [0.2, 0.25) is 0 Å². The number of amides is 1. The molecule has 0 heterocycles. The molecule has 1 rings (SSSR count). The minimum atomic E-state index is -1.01. The number of aliphatic carboxylic acids is 1. The van der Waals surface area contributed by atoms with Crippen molar-refractivity contribution in [3.63, 3.8) is 0 Å². The molecule has 0 aliphatic heterocycles. The van der Waals surface area contributed by atoms with E-state index in [-0.39, 0.29) is 11.4 Å². The topological polar surface area (TPSA) is 66.4 Å². The Morgan fingerprint density at radius 2 is 1.81 bits per heavy atom. The number of carbonyl (C=O) groups excluding carboxylic acids is 1. The molecule has 2 N–H and O–H groups in total. The van der Waals surface area contributed by atoms with Gasteiger partial charge in [0, 0.05) is 17.2 Å². The second-order valence-electron chi connectivity index (χ2n) is 5.09. The van der Waals surface area contributed by atoms with E-state index >= 15 is 0 Å². The van der Waals surface area contributed by atoms with Crippen LogP contribution in [0, 0.1) is 0 Å². The Morgan fingerprint density at radius 1 is 1.19 bits per heavy atom. The summed E-state index contributed by atoms with van der Waals surface area (Å²) in [6.45, 7) is 6.21. The highest BCUT2D eigenvalue weighted by molar-refractivity contribution is 5.95. The largest absolute Gasteiger partial charge is 0.478 e. The fourth-order valence-corrected chi connectivity index (χ4v) is 2.28. The summed E-state index contributed by atoms with van der Waals surface area (Å²) in [5, 5.41) is 11.7. The second kappa shape index (κ2) is 7.62. The SMILES string of the molecule is CCC(CC)(CC)NC(=O)c1cccc(C=CC(=O)O)c1. The van der Waals surface area contributed by atoms with E-state index in [1.54, 1.807) is 24.3 Å². The highest BCUT2D eigenvalue weighted by atomic mass is 16.4. The lowest BCUT2D eigenvalue weighted by Gasteiger charge is -2.31. The van der Waals surface area contributed by atoms with Gasteiger partial charge in [-0.25, -0.2) is 4.79 Å². The van der Waals surface area contributed by atoms with Crippen molar-refractivity contribution in [3.05, 3.63) is 41.5 Å². The van der Waals surface area contributed by atoms with Crippen LogP contribution in [0.25, 0.3) is 6.08 Å². The Balaban J connectivity index is 2.93. The summed E-state index contributed by atoms with van der Waals surface area (Å²) < 4.78 is 0. The lowest BCUT2D eigenvalue weighted by atomic mass is 9.89. The molecule has 0 atom stereocenters. The van der Waals surface area contributed by atoms with Crippen molar-refractivity contribution in [2.45, 2.75) is 45.6 Å². The van der Waals surface area contributed by atoms with Gasteiger partial charge in [0.05, 0.1) is 0 Å². The highest BCUT2D eigenvalue weighted by Crippen LogP contribution is 2.20. The first-order chi connectivity index (χ1) is 9.96. The average Bonchev–Trinajstić information content (AvgIpc) is 2.51. The molecular weight excluding hydrogens is 266 g/mol. The molecule has 0 bridgehead atoms. The van der Waals surface area contributed by atoms with E-state index in [1.165, 1.54) is 6.08 Å². The third-order valence-corrected chi connectivity index (χ3v) is 3.98. The van der Waals surface area contributed by atoms with Gasteiger partial charge in [0.2, 0.25) is 0 Å². The average molecular weight is 289 g/mol. The molecule has 4 nitrogen and oxygen atoms in total. The van der Waals surface area contributed by atoms with Crippen LogP contribution >= 0.6 is 0 Å². The summed E-state index contributed by atoms with van der Waals surface area (Å²) >= 11 is 0. The van der Waals surface area contributed by atoms with Crippen molar-refractivity contribution in [3.8, 4) is 0 Å². The molecule has 0 saturated heterocycles. The zero-order valence-corrected chi connectivity index (χ0v) is 12.8. The van der Waals surface area contributed by atoms with E-state index in [4.69, 9.17) is 5.11 Å². The third kappa shape index (κ3) is 4.74. The normalized spacial score (nSPS) is 11.6. The first-order valence-corrected chi connectivity index (χ1v) is 7.30. The van der Waals surface area contributed by atoms with E-state index in [2.05, 4.69) is 26.1 Å². The number of carboxylic acids is 1. The predicted octanol–water partition coefficient (Wildman–Crippen LogP) is 3.48. The smallest absolute Gasteiger partial charge is 0.328 e. The Morgan fingerprint density at radius 3 is 2.33 bits per heavy atom. The molecule has 1 aromatic rings. The van der Waals surface area contributed by atoms with Crippen LogP contribution in [0.4, 0.5) is 0 Å². The van der Waals surface area contributed by atoms with Crippen molar-refractivity contribution >= 4 is 18.0 Å². The fraction of sp³-hybridized carbons (Fsp3) is 0.412. The molecule has 0 radical (unpaired) electrons. The number of benzene rings is 1.